The monoisotopic (exact) mass is 739 g/mol. The van der Waals surface area contributed by atoms with E-state index in [1.165, 1.54) is 0 Å². The Morgan fingerprint density at radius 1 is 0.438 bits per heavy atom. The van der Waals surface area contributed by atoms with Gasteiger partial charge in [0.15, 0.2) is 0 Å². The molecule has 0 amide bonds. The van der Waals surface area contributed by atoms with Gasteiger partial charge in [-0.2, -0.15) is 0 Å². The summed E-state index contributed by atoms with van der Waals surface area (Å²) in [6.45, 7) is 0. The molecule has 0 aromatic rings. The molecule has 16 heavy (non-hydrogen) atoms. The SMILES string of the molecule is C1[Se]C2=C([Se]1)[Se]C(=C1[Se]C3=C([Se]C[Se]3)[Se]1)[Se]2. The van der Waals surface area contributed by atoms with E-state index in [-0.39, 0.29) is 0 Å². The summed E-state index contributed by atoms with van der Waals surface area (Å²) in [7, 11) is 0. The van der Waals surface area contributed by atoms with Crippen molar-refractivity contribution in [3.8, 4) is 0 Å². The second-order valence-corrected chi connectivity index (χ2v) is 31.3. The molecule has 0 bridgehead atoms. The third kappa shape index (κ3) is 2.48. The maximum absolute atomic E-state index is 2.06. The molecular weight excluding hydrogens is 728 g/mol. The van der Waals surface area contributed by atoms with Crippen LogP contribution >= 0.6 is 0 Å². The molecule has 0 radical (unpaired) electrons. The van der Waals surface area contributed by atoms with Gasteiger partial charge in [0.25, 0.3) is 0 Å². The van der Waals surface area contributed by atoms with Crippen LogP contribution in [0.15, 0.2) is 20.2 Å². The maximum atomic E-state index is 2.06. The van der Waals surface area contributed by atoms with Crippen LogP contribution in [0.2, 0.25) is 8.44 Å². The molecule has 0 nitrogen and oxygen atoms in total. The molecule has 0 atom stereocenters. The third-order valence-corrected chi connectivity index (χ3v) is 38.8. The van der Waals surface area contributed by atoms with Crippen LogP contribution in [0.3, 0.4) is 0 Å². The van der Waals surface area contributed by atoms with E-state index in [2.05, 4.69) is 6.74 Å². The van der Waals surface area contributed by atoms with Crippen LogP contribution in [-0.2, 0) is 0 Å². The zero-order valence-electron chi connectivity index (χ0n) is 7.68. The summed E-state index contributed by atoms with van der Waals surface area (Å²) in [6.07, 6.45) is 0. The molecule has 8 heteroatoms. The van der Waals surface area contributed by atoms with Crippen molar-refractivity contribution >= 4 is 120 Å². The Kier molecular flexibility index (Phi) is 4.60. The van der Waals surface area contributed by atoms with E-state index in [0.29, 0.717) is 0 Å². The Balaban J connectivity index is 1.56. The minimum absolute atomic E-state index is 0.895. The molecule has 4 heterocycles. The van der Waals surface area contributed by atoms with Crippen LogP contribution in [0.4, 0.5) is 0 Å². The Labute approximate surface area is 145 Å². The predicted octanol–water partition coefficient (Wildman–Crippen LogP) is -1.19. The van der Waals surface area contributed by atoms with Crippen molar-refractivity contribution in [1.82, 2.24) is 0 Å². The second-order valence-electron chi connectivity index (χ2n) is 2.95. The molecule has 4 aliphatic heterocycles. The molecule has 4 aliphatic rings. The summed E-state index contributed by atoms with van der Waals surface area (Å²) in [5.74, 6) is 0. The Bertz CT molecular complexity index is 381. The van der Waals surface area contributed by atoms with E-state index >= 15 is 0 Å². The van der Waals surface area contributed by atoms with E-state index < -0.39 is 0 Å². The van der Waals surface area contributed by atoms with E-state index in [9.17, 15) is 0 Å². The van der Waals surface area contributed by atoms with Gasteiger partial charge in [-0.3, -0.25) is 0 Å². The number of hydrogen-bond acceptors (Lipinski definition) is 0. The fraction of sp³-hybridized carbons (Fsp3) is 0.250. The molecule has 0 fully saturated rings. The van der Waals surface area contributed by atoms with Crippen LogP contribution in [0.1, 0.15) is 0 Å². The first-order valence-corrected chi connectivity index (χ1v) is 19.5. The fourth-order valence-corrected chi connectivity index (χ4v) is 52.5. The van der Waals surface area contributed by atoms with Crippen molar-refractivity contribution in [3.05, 3.63) is 20.2 Å². The van der Waals surface area contributed by atoms with Gasteiger partial charge in [-0.15, -0.1) is 0 Å². The molecule has 0 aliphatic carbocycles. The molecule has 0 saturated carbocycles. The predicted molar refractivity (Wildman–Crippen MR) is 76.7 cm³/mol. The van der Waals surface area contributed by atoms with Crippen molar-refractivity contribution in [1.29, 1.82) is 0 Å². The molecule has 0 unspecified atom stereocenters. The molecule has 84 valence electrons. The van der Waals surface area contributed by atoms with Gasteiger partial charge in [-0.25, -0.2) is 0 Å². The van der Waals surface area contributed by atoms with Gasteiger partial charge in [0.2, 0.25) is 0 Å². The van der Waals surface area contributed by atoms with Gasteiger partial charge < -0.3 is 0 Å². The van der Waals surface area contributed by atoms with Gasteiger partial charge in [0, 0.05) is 0 Å². The average molecular weight is 732 g/mol. The van der Waals surface area contributed by atoms with Gasteiger partial charge in [-0.1, -0.05) is 0 Å². The van der Waals surface area contributed by atoms with Crippen molar-refractivity contribution in [2.24, 2.45) is 0 Å². The molecule has 0 spiro atoms. The van der Waals surface area contributed by atoms with Gasteiger partial charge >= 0.3 is 148 Å². The van der Waals surface area contributed by atoms with Crippen LogP contribution in [0, 0.1) is 0 Å². The summed E-state index contributed by atoms with van der Waals surface area (Å²) >= 11 is 7.48. The van der Waals surface area contributed by atoms with E-state index in [0.717, 1.165) is 120 Å². The Hall–Kier alpha value is 3.38. The summed E-state index contributed by atoms with van der Waals surface area (Å²) in [4.78, 5) is 0. The summed E-state index contributed by atoms with van der Waals surface area (Å²) < 4.78 is 15.5. The van der Waals surface area contributed by atoms with Crippen LogP contribution in [-0.4, -0.2) is 120 Å². The normalized spacial score (nSPS) is 28.5. The first-order valence-electron chi connectivity index (χ1n) is 4.35. The fourth-order valence-electron chi connectivity index (χ4n) is 1.34. The van der Waals surface area contributed by atoms with E-state index in [1.54, 1.807) is 8.44 Å². The molecule has 0 saturated heterocycles. The average Bonchev–Trinajstić information content (AvgIpc) is 2.94. The molecule has 4 rings (SSSR count). The van der Waals surface area contributed by atoms with Gasteiger partial charge in [-0.05, 0) is 0 Å². The van der Waals surface area contributed by atoms with Crippen LogP contribution < -0.4 is 0 Å². The minimum atomic E-state index is 0.895. The van der Waals surface area contributed by atoms with Crippen molar-refractivity contribution in [2.75, 3.05) is 0 Å². The van der Waals surface area contributed by atoms with Crippen LogP contribution in [0.25, 0.3) is 0 Å². The zero-order chi connectivity index (χ0) is 10.5. The van der Waals surface area contributed by atoms with Crippen LogP contribution in [0.5, 0.6) is 0 Å². The summed E-state index contributed by atoms with van der Waals surface area (Å²) in [6, 6.07) is 0. The van der Waals surface area contributed by atoms with Gasteiger partial charge in [0.1, 0.15) is 0 Å². The summed E-state index contributed by atoms with van der Waals surface area (Å²) in [5, 5.41) is 0. The first kappa shape index (κ1) is 13.1. The topological polar surface area (TPSA) is 0 Å². The Morgan fingerprint density at radius 3 is 1.06 bits per heavy atom. The molecular formula is C8H4Se8. The van der Waals surface area contributed by atoms with E-state index in [4.69, 9.17) is 0 Å². The Morgan fingerprint density at radius 2 is 0.750 bits per heavy atom. The molecule has 0 N–H and O–H groups in total. The second kappa shape index (κ2) is 5.64. The van der Waals surface area contributed by atoms with Gasteiger partial charge in [0.05, 0.1) is 0 Å². The molecule has 0 aromatic carbocycles. The standard InChI is InChI=1S/C8H4Se8/c1-9-3-4(10-1)14-7(13-3)8-15-5-6(16-8)12-2-11-5/h1-2H2. The number of hydrogen-bond donors (Lipinski definition) is 0. The third-order valence-electron chi connectivity index (χ3n) is 2.00. The van der Waals surface area contributed by atoms with Crippen molar-refractivity contribution < 1.29 is 0 Å². The first-order chi connectivity index (χ1) is 7.90. The van der Waals surface area contributed by atoms with Crippen molar-refractivity contribution in [3.63, 3.8) is 0 Å². The molecule has 0 aromatic heterocycles. The zero-order valence-corrected chi connectivity index (χ0v) is 21.4. The quantitative estimate of drug-likeness (QED) is 0.276. The summed E-state index contributed by atoms with van der Waals surface area (Å²) in [5.41, 5.74) is 0. The van der Waals surface area contributed by atoms with Crippen molar-refractivity contribution in [2.45, 2.75) is 8.44 Å². The number of rotatable bonds is 0. The van der Waals surface area contributed by atoms with E-state index in [1.807, 2.05) is 13.5 Å².